The number of fused-ring (bicyclic) bond motifs is 1. The lowest BCUT2D eigenvalue weighted by Gasteiger charge is -2.46. The van der Waals surface area contributed by atoms with Crippen LogP contribution in [-0.2, 0) is 23.7 Å². The number of aromatic hydroxyl groups is 3. The molecular weight excluding hydrogens is 716 g/mol. The van der Waals surface area contributed by atoms with E-state index in [0.29, 0.717) is 0 Å². The molecule has 3 aliphatic heterocycles. The molecule has 0 bridgehead atoms. The van der Waals surface area contributed by atoms with Gasteiger partial charge in [-0.1, -0.05) is 0 Å². The summed E-state index contributed by atoms with van der Waals surface area (Å²) in [7, 11) is 0. The average Bonchev–Trinajstić information content (AvgIpc) is 3.12. The SMILES string of the molecule is C[C@@H]1O[C@@H](OC[C@H]2O[C@@H](Oc3c(-c4ccc(O)cc4)oc4cc(O)cc(O)c4c3=O)[C@H](OC3OC(CO)C(O)C(O)C3O)[C@@H](O)[C@@H]2O)[C@H](O)[C@H](O)[C@H]1O. The van der Waals surface area contributed by atoms with Crippen LogP contribution >= 0.6 is 0 Å². The molecule has 0 aliphatic carbocycles. The van der Waals surface area contributed by atoms with Crippen molar-refractivity contribution in [3.05, 3.63) is 46.6 Å². The molecule has 3 aromatic rings. The minimum atomic E-state index is -2.06. The van der Waals surface area contributed by atoms with Crippen molar-refractivity contribution < 1.29 is 94.1 Å². The van der Waals surface area contributed by atoms with E-state index in [2.05, 4.69) is 0 Å². The van der Waals surface area contributed by atoms with Crippen molar-refractivity contribution in [3.8, 4) is 34.3 Å². The number of aliphatic hydroxyl groups excluding tert-OH is 9. The van der Waals surface area contributed by atoms with E-state index in [-0.39, 0.29) is 22.7 Å². The molecule has 4 heterocycles. The summed E-state index contributed by atoms with van der Waals surface area (Å²) in [6, 6.07) is 7.05. The molecule has 0 amide bonds. The molecule has 20 heteroatoms. The molecule has 12 N–H and O–H groups in total. The molecule has 0 spiro atoms. The first-order valence-electron chi connectivity index (χ1n) is 16.4. The quantitative estimate of drug-likeness (QED) is 0.100. The Hall–Kier alpha value is -3.71. The predicted octanol–water partition coefficient (Wildman–Crippen LogP) is -3.57. The Balaban J connectivity index is 1.39. The van der Waals surface area contributed by atoms with Gasteiger partial charge < -0.3 is 94.1 Å². The number of hydrogen-bond acceptors (Lipinski definition) is 20. The number of hydrogen-bond donors (Lipinski definition) is 12. The van der Waals surface area contributed by atoms with Crippen LogP contribution in [-0.4, -0.2) is 167 Å². The van der Waals surface area contributed by atoms with E-state index in [0.717, 1.165) is 12.1 Å². The lowest BCUT2D eigenvalue weighted by molar-refractivity contribution is -0.362. The molecule has 1 aromatic heterocycles. The summed E-state index contributed by atoms with van der Waals surface area (Å²) < 4.78 is 40.0. The Morgan fingerprint density at radius 2 is 1.30 bits per heavy atom. The van der Waals surface area contributed by atoms with Crippen LogP contribution in [0.5, 0.6) is 23.0 Å². The summed E-state index contributed by atoms with van der Waals surface area (Å²) in [6.07, 6.45) is -26.1. The minimum Gasteiger partial charge on any atom is -0.508 e. The zero-order chi connectivity index (χ0) is 38.5. The third-order valence-corrected chi connectivity index (χ3v) is 9.30. The fourth-order valence-electron chi connectivity index (χ4n) is 6.25. The second-order valence-corrected chi connectivity index (χ2v) is 12.9. The van der Waals surface area contributed by atoms with Crippen molar-refractivity contribution in [1.29, 1.82) is 0 Å². The molecule has 15 atom stereocenters. The average molecular weight is 757 g/mol. The number of benzene rings is 2. The number of aliphatic hydroxyl groups is 9. The van der Waals surface area contributed by atoms with Crippen LogP contribution in [0.1, 0.15) is 6.92 Å². The molecule has 3 saturated heterocycles. The normalized spacial score (nSPS) is 37.8. The van der Waals surface area contributed by atoms with Crippen molar-refractivity contribution in [1.82, 2.24) is 0 Å². The monoisotopic (exact) mass is 756 g/mol. The Labute approximate surface area is 298 Å². The lowest BCUT2D eigenvalue weighted by Crippen LogP contribution is -2.65. The third-order valence-electron chi connectivity index (χ3n) is 9.30. The molecule has 3 aliphatic rings. The van der Waals surface area contributed by atoms with Gasteiger partial charge in [0.25, 0.3) is 0 Å². The smallest absolute Gasteiger partial charge is 0.239 e. The van der Waals surface area contributed by atoms with Crippen LogP contribution in [0.25, 0.3) is 22.3 Å². The number of phenols is 3. The van der Waals surface area contributed by atoms with Gasteiger partial charge >= 0.3 is 0 Å². The first kappa shape index (κ1) is 39.0. The third kappa shape index (κ3) is 7.52. The van der Waals surface area contributed by atoms with Gasteiger partial charge in [0.15, 0.2) is 24.4 Å². The zero-order valence-electron chi connectivity index (χ0n) is 27.7. The van der Waals surface area contributed by atoms with Crippen LogP contribution in [0, 0.1) is 0 Å². The second-order valence-electron chi connectivity index (χ2n) is 12.9. The molecule has 20 nitrogen and oxygen atoms in total. The summed E-state index contributed by atoms with van der Waals surface area (Å²) in [5.74, 6) is -2.39. The summed E-state index contributed by atoms with van der Waals surface area (Å²) in [6.45, 7) is -0.140. The highest BCUT2D eigenvalue weighted by Crippen LogP contribution is 2.38. The van der Waals surface area contributed by atoms with Crippen LogP contribution in [0.2, 0.25) is 0 Å². The standard InChI is InChI=1S/C33H40O20/c1-10-19(38)23(42)26(45)31(48-10)47-9-17-21(40)25(44)30(53-32-27(46)24(43)20(39)16(8-34)50-32)33(51-17)52-29-22(41)18-14(37)6-13(36)7-15(18)49-28(29)11-2-4-12(35)5-3-11/h2-7,10,16-17,19-21,23-27,30-40,42-46H,8-9H2,1H3/t10-,16?,17+,19-,20?,21+,23+,24?,25-,26+,27?,30+,31+,32?,33-/m0/s1. The van der Waals surface area contributed by atoms with Gasteiger partial charge in [0.2, 0.25) is 17.5 Å². The summed E-state index contributed by atoms with van der Waals surface area (Å²) in [5, 5.41) is 124. The van der Waals surface area contributed by atoms with E-state index >= 15 is 0 Å². The summed E-state index contributed by atoms with van der Waals surface area (Å²) >= 11 is 0. The molecular formula is C33H40O20. The van der Waals surface area contributed by atoms with Crippen LogP contribution in [0.3, 0.4) is 0 Å². The Morgan fingerprint density at radius 1 is 0.679 bits per heavy atom. The summed E-state index contributed by atoms with van der Waals surface area (Å²) in [4.78, 5) is 14.0. The molecule has 0 saturated carbocycles. The second kappa shape index (κ2) is 15.6. The van der Waals surface area contributed by atoms with Gasteiger partial charge in [-0.05, 0) is 31.2 Å². The molecule has 3 fully saturated rings. The zero-order valence-corrected chi connectivity index (χ0v) is 27.7. The van der Waals surface area contributed by atoms with Gasteiger partial charge in [0.1, 0.15) is 89.3 Å². The van der Waals surface area contributed by atoms with Crippen LogP contribution in [0.4, 0.5) is 0 Å². The maximum absolute atomic E-state index is 14.0. The van der Waals surface area contributed by atoms with Gasteiger partial charge in [0.05, 0.1) is 19.3 Å². The first-order valence-corrected chi connectivity index (χ1v) is 16.4. The molecule has 6 rings (SSSR count). The molecule has 2 aromatic carbocycles. The van der Waals surface area contributed by atoms with E-state index in [1.165, 1.54) is 31.2 Å². The maximum atomic E-state index is 14.0. The van der Waals surface area contributed by atoms with E-state index in [1.807, 2.05) is 0 Å². The summed E-state index contributed by atoms with van der Waals surface area (Å²) in [5.41, 5.74) is -1.23. The van der Waals surface area contributed by atoms with E-state index in [9.17, 15) is 66.1 Å². The van der Waals surface area contributed by atoms with Crippen LogP contribution in [0.15, 0.2) is 45.6 Å². The van der Waals surface area contributed by atoms with E-state index in [1.54, 1.807) is 0 Å². The van der Waals surface area contributed by atoms with Gasteiger partial charge in [-0.15, -0.1) is 0 Å². The molecule has 5 unspecified atom stereocenters. The van der Waals surface area contributed by atoms with Gasteiger partial charge in [-0.25, -0.2) is 0 Å². The highest BCUT2D eigenvalue weighted by molar-refractivity contribution is 5.88. The highest BCUT2D eigenvalue weighted by Gasteiger charge is 2.52. The van der Waals surface area contributed by atoms with Crippen molar-refractivity contribution in [2.75, 3.05) is 13.2 Å². The number of phenolic OH excluding ortho intramolecular Hbond substituents is 3. The molecule has 0 radical (unpaired) electrons. The fourth-order valence-corrected chi connectivity index (χ4v) is 6.25. The number of ether oxygens (including phenoxy) is 6. The molecule has 53 heavy (non-hydrogen) atoms. The maximum Gasteiger partial charge on any atom is 0.239 e. The number of rotatable bonds is 9. The minimum absolute atomic E-state index is 0.112. The largest absolute Gasteiger partial charge is 0.508 e. The van der Waals surface area contributed by atoms with Gasteiger partial charge in [-0.2, -0.15) is 0 Å². The van der Waals surface area contributed by atoms with Crippen molar-refractivity contribution >= 4 is 11.0 Å². The van der Waals surface area contributed by atoms with E-state index < -0.39 is 133 Å². The predicted molar refractivity (Wildman–Crippen MR) is 171 cm³/mol. The highest BCUT2D eigenvalue weighted by atomic mass is 16.8. The van der Waals surface area contributed by atoms with Crippen molar-refractivity contribution in [2.24, 2.45) is 0 Å². The Kier molecular flexibility index (Phi) is 11.5. The lowest BCUT2D eigenvalue weighted by atomic mass is 9.97. The van der Waals surface area contributed by atoms with Crippen molar-refractivity contribution in [3.63, 3.8) is 0 Å². The van der Waals surface area contributed by atoms with Gasteiger partial charge in [0, 0.05) is 17.7 Å². The van der Waals surface area contributed by atoms with Gasteiger partial charge in [-0.3, -0.25) is 4.79 Å². The Bertz CT molecular complexity index is 1780. The first-order chi connectivity index (χ1) is 25.1. The van der Waals surface area contributed by atoms with E-state index in [4.69, 9.17) is 32.8 Å². The van der Waals surface area contributed by atoms with Crippen molar-refractivity contribution in [2.45, 2.75) is 99.0 Å². The topological polar surface area (TPSA) is 328 Å². The Morgan fingerprint density at radius 3 is 1.98 bits per heavy atom. The van der Waals surface area contributed by atoms with Crippen LogP contribution < -0.4 is 10.2 Å². The fraction of sp³-hybridized carbons (Fsp3) is 0.545. The molecule has 292 valence electrons.